The molecule has 0 saturated carbocycles. The Hall–Kier alpha value is -4.42. The van der Waals surface area contributed by atoms with Crippen LogP contribution in [-0.4, -0.2) is 0 Å². The largest absolute Gasteiger partial charge is 0.0629 e. The predicted molar refractivity (Wildman–Crippen MR) is 147 cm³/mol. The highest BCUT2D eigenvalue weighted by molar-refractivity contribution is 6.22. The smallest absolute Gasteiger partial charge is 0.0622 e. The molecule has 0 fully saturated rings. The minimum absolute atomic E-state index is 0.220. The van der Waals surface area contributed by atoms with Gasteiger partial charge in [-0.1, -0.05) is 127 Å². The molecule has 0 N–H and O–H groups in total. The van der Waals surface area contributed by atoms with E-state index in [4.69, 9.17) is 11.0 Å². The Kier molecular flexibility index (Phi) is 2.83. The lowest BCUT2D eigenvalue weighted by molar-refractivity contribution is 1.66. The van der Waals surface area contributed by atoms with E-state index in [2.05, 4.69) is 0 Å². The fourth-order valence-electron chi connectivity index (χ4n) is 4.98. The molecular formula is C34H22. The van der Waals surface area contributed by atoms with Crippen LogP contribution in [0.3, 0.4) is 0 Å². The van der Waals surface area contributed by atoms with Gasteiger partial charge in [0.25, 0.3) is 0 Å². The number of benzene rings is 7. The summed E-state index contributed by atoms with van der Waals surface area (Å²) in [6.07, 6.45) is 0. The van der Waals surface area contributed by atoms with Crippen molar-refractivity contribution in [2.45, 2.75) is 0 Å². The zero-order valence-electron chi connectivity index (χ0n) is 26.1. The molecule has 7 rings (SSSR count). The molecule has 0 nitrogen and oxygen atoms in total. The van der Waals surface area contributed by atoms with Gasteiger partial charge in [0.05, 0.1) is 11.0 Å². The minimum Gasteiger partial charge on any atom is -0.0622 e. The maximum atomic E-state index is 9.06. The first-order valence-electron chi connectivity index (χ1n) is 15.1. The number of hydrogen-bond acceptors (Lipinski definition) is 0. The highest BCUT2D eigenvalue weighted by atomic mass is 14.2. The van der Waals surface area contributed by atoms with Gasteiger partial charge in [-0.3, -0.25) is 0 Å². The number of fused-ring (bicyclic) bond motifs is 5. The first-order valence-corrected chi connectivity index (χ1v) is 11.1. The first-order chi connectivity index (χ1) is 20.2. The second-order valence-corrected chi connectivity index (χ2v) is 8.34. The monoisotopic (exact) mass is 438 g/mol. The standard InChI is InChI=1S/C34H22/c1-2-11-24(12-3-1)33-29-14-6-8-16-31(29)34(32-17-9-7-15-30(32)33)26-20-21-28-25(22-26)19-18-23-10-4-5-13-27(23)28/h1-22H/i6D,7D,8D,9D,14D,15D,16D,17D. The summed E-state index contributed by atoms with van der Waals surface area (Å²) in [4.78, 5) is 0. The van der Waals surface area contributed by atoms with Crippen LogP contribution >= 0.6 is 0 Å². The van der Waals surface area contributed by atoms with Crippen LogP contribution in [0.2, 0.25) is 0 Å². The molecule has 7 aromatic carbocycles. The van der Waals surface area contributed by atoms with E-state index in [1.54, 1.807) is 24.3 Å². The van der Waals surface area contributed by atoms with Gasteiger partial charge in [-0.05, 0) is 71.4 Å². The van der Waals surface area contributed by atoms with Crippen LogP contribution in [0.15, 0.2) is 133 Å². The molecule has 0 unspecified atom stereocenters. The molecule has 0 aliphatic rings. The SMILES string of the molecule is [2H]c1c([2H])c([2H])c2c(-c3ccc4c(ccc5ccccc54)c3)c3c([2H])c([2H])c([2H])c([2H])c3c(-c3ccccc3)c2c1[2H]. The van der Waals surface area contributed by atoms with Gasteiger partial charge < -0.3 is 0 Å². The topological polar surface area (TPSA) is 0 Å². The summed E-state index contributed by atoms with van der Waals surface area (Å²) in [5.74, 6) is 0. The quantitative estimate of drug-likeness (QED) is 0.186. The zero-order chi connectivity index (χ0) is 29.4. The summed E-state index contributed by atoms with van der Waals surface area (Å²) in [6, 6.07) is 24.2. The zero-order valence-corrected chi connectivity index (χ0v) is 18.1. The van der Waals surface area contributed by atoms with Gasteiger partial charge in [-0.15, -0.1) is 0 Å². The molecule has 0 amide bonds. The number of hydrogen-bond donors (Lipinski definition) is 0. The molecule has 0 radical (unpaired) electrons. The third-order valence-electron chi connectivity index (χ3n) is 6.47. The van der Waals surface area contributed by atoms with Gasteiger partial charge in [0, 0.05) is 0 Å². The lowest BCUT2D eigenvalue weighted by atomic mass is 9.85. The van der Waals surface area contributed by atoms with Crippen molar-refractivity contribution < 1.29 is 11.0 Å². The average molecular weight is 439 g/mol. The van der Waals surface area contributed by atoms with E-state index in [0.29, 0.717) is 22.3 Å². The summed E-state index contributed by atoms with van der Waals surface area (Å²) in [5.41, 5.74) is 1.91. The van der Waals surface area contributed by atoms with E-state index in [1.165, 1.54) is 0 Å². The average Bonchev–Trinajstić information content (AvgIpc) is 3.03. The van der Waals surface area contributed by atoms with Crippen LogP contribution in [0.5, 0.6) is 0 Å². The van der Waals surface area contributed by atoms with Crippen LogP contribution in [0, 0.1) is 0 Å². The summed E-state index contributed by atoms with van der Waals surface area (Å²) in [7, 11) is 0. The fraction of sp³-hybridized carbons (Fsp3) is 0. The Labute approximate surface area is 210 Å². The Morgan fingerprint density at radius 3 is 1.59 bits per heavy atom. The third-order valence-corrected chi connectivity index (χ3v) is 6.47. The predicted octanol–water partition coefficient (Wildman–Crippen LogP) is 9.63. The molecular weight excluding hydrogens is 408 g/mol. The lowest BCUT2D eigenvalue weighted by Gasteiger charge is -2.18. The summed E-state index contributed by atoms with van der Waals surface area (Å²) in [5, 5.41) is 4.95. The second kappa shape index (κ2) is 7.57. The van der Waals surface area contributed by atoms with Gasteiger partial charge in [-0.25, -0.2) is 0 Å². The maximum absolute atomic E-state index is 9.06. The van der Waals surface area contributed by atoms with Crippen molar-refractivity contribution in [3.63, 3.8) is 0 Å². The first kappa shape index (κ1) is 12.7. The van der Waals surface area contributed by atoms with E-state index >= 15 is 0 Å². The minimum atomic E-state index is -0.403. The van der Waals surface area contributed by atoms with Crippen molar-refractivity contribution in [2.75, 3.05) is 0 Å². The van der Waals surface area contributed by atoms with Crippen molar-refractivity contribution in [2.24, 2.45) is 0 Å². The van der Waals surface area contributed by atoms with Gasteiger partial charge >= 0.3 is 0 Å². The summed E-state index contributed by atoms with van der Waals surface area (Å²) in [6.45, 7) is 0. The lowest BCUT2D eigenvalue weighted by Crippen LogP contribution is -1.90. The Morgan fingerprint density at radius 1 is 0.382 bits per heavy atom. The van der Waals surface area contributed by atoms with E-state index in [-0.39, 0.29) is 45.7 Å². The van der Waals surface area contributed by atoms with Crippen LogP contribution in [-0.2, 0) is 0 Å². The van der Waals surface area contributed by atoms with Gasteiger partial charge in [0.1, 0.15) is 0 Å². The molecule has 0 saturated heterocycles. The maximum Gasteiger partial charge on any atom is 0.0629 e. The molecule has 0 spiro atoms. The van der Waals surface area contributed by atoms with Crippen molar-refractivity contribution in [1.82, 2.24) is 0 Å². The molecule has 0 aliphatic carbocycles. The molecule has 0 atom stereocenters. The van der Waals surface area contributed by atoms with Crippen molar-refractivity contribution in [3.8, 4) is 22.3 Å². The summed E-state index contributed by atoms with van der Waals surface area (Å²) >= 11 is 0. The molecule has 0 aliphatic heterocycles. The number of rotatable bonds is 2. The molecule has 0 bridgehead atoms. The molecule has 0 heterocycles. The van der Waals surface area contributed by atoms with Gasteiger partial charge in [0.15, 0.2) is 0 Å². The normalized spacial score (nSPS) is 14.8. The van der Waals surface area contributed by atoms with Crippen LogP contribution in [0.1, 0.15) is 11.0 Å². The highest BCUT2D eigenvalue weighted by Gasteiger charge is 2.16. The van der Waals surface area contributed by atoms with Crippen LogP contribution in [0.25, 0.3) is 65.3 Å². The Morgan fingerprint density at radius 2 is 0.912 bits per heavy atom. The third kappa shape index (κ3) is 2.86. The highest BCUT2D eigenvalue weighted by Crippen LogP contribution is 2.44. The molecule has 0 heteroatoms. The van der Waals surface area contributed by atoms with Gasteiger partial charge in [0.2, 0.25) is 0 Å². The molecule has 7 aromatic rings. The van der Waals surface area contributed by atoms with E-state index < -0.39 is 24.2 Å². The summed E-state index contributed by atoms with van der Waals surface area (Å²) < 4.78 is 70.3. The van der Waals surface area contributed by atoms with Crippen molar-refractivity contribution in [3.05, 3.63) is 133 Å². The van der Waals surface area contributed by atoms with Crippen LogP contribution in [0.4, 0.5) is 0 Å². The molecule has 0 aromatic heterocycles. The van der Waals surface area contributed by atoms with E-state index in [1.807, 2.05) is 60.7 Å². The van der Waals surface area contributed by atoms with Gasteiger partial charge in [-0.2, -0.15) is 0 Å². The van der Waals surface area contributed by atoms with Crippen molar-refractivity contribution >= 4 is 43.1 Å². The second-order valence-electron chi connectivity index (χ2n) is 8.34. The van der Waals surface area contributed by atoms with E-state index in [9.17, 15) is 0 Å². The Balaban J connectivity index is 1.78. The molecule has 34 heavy (non-hydrogen) atoms. The fourth-order valence-corrected chi connectivity index (χ4v) is 4.98. The molecule has 158 valence electrons. The Bertz CT molecular complexity index is 2190. The van der Waals surface area contributed by atoms with Crippen molar-refractivity contribution in [1.29, 1.82) is 0 Å². The van der Waals surface area contributed by atoms with E-state index in [0.717, 1.165) is 21.5 Å². The van der Waals surface area contributed by atoms with Crippen LogP contribution < -0.4 is 0 Å².